The van der Waals surface area contributed by atoms with E-state index in [1.807, 2.05) is 6.07 Å². The molecule has 8 nitrogen and oxygen atoms in total. The van der Waals surface area contributed by atoms with Crippen LogP contribution in [0.2, 0.25) is 0 Å². The predicted molar refractivity (Wildman–Crippen MR) is 154 cm³/mol. The molecule has 11 heteroatoms. The summed E-state index contributed by atoms with van der Waals surface area (Å²) >= 11 is 0. The van der Waals surface area contributed by atoms with Gasteiger partial charge in [0, 0.05) is 54.4 Å². The highest BCUT2D eigenvalue weighted by molar-refractivity contribution is 6.10. The lowest BCUT2D eigenvalue weighted by Crippen LogP contribution is -2.44. The van der Waals surface area contributed by atoms with Crippen LogP contribution in [0.5, 0.6) is 0 Å². The Morgan fingerprint density at radius 3 is 2.38 bits per heavy atom. The van der Waals surface area contributed by atoms with Gasteiger partial charge < -0.3 is 20.2 Å². The first-order valence-electron chi connectivity index (χ1n) is 13.7. The number of rotatable bonds is 3. The molecule has 3 aliphatic rings. The van der Waals surface area contributed by atoms with Crippen LogP contribution in [0.3, 0.4) is 0 Å². The topological polar surface area (TPSA) is 102 Å². The molecule has 42 heavy (non-hydrogen) atoms. The lowest BCUT2D eigenvalue weighted by Gasteiger charge is -2.34. The molecule has 218 valence electrons. The summed E-state index contributed by atoms with van der Waals surface area (Å²) in [7, 11) is 2.18. The molecule has 1 aliphatic carbocycles. The predicted octanol–water partition coefficient (Wildman–Crippen LogP) is 5.30. The highest BCUT2D eigenvalue weighted by atomic mass is 19.4. The van der Waals surface area contributed by atoms with Crippen molar-refractivity contribution in [3.05, 3.63) is 77.4 Å². The van der Waals surface area contributed by atoms with Gasteiger partial charge >= 0.3 is 12.1 Å². The number of anilines is 2. The van der Waals surface area contributed by atoms with E-state index in [4.69, 9.17) is 9.90 Å². The van der Waals surface area contributed by atoms with E-state index in [9.17, 15) is 18.0 Å². The summed E-state index contributed by atoms with van der Waals surface area (Å²) in [6, 6.07) is 21.6. The van der Waals surface area contributed by atoms with E-state index in [2.05, 4.69) is 93.9 Å². The van der Waals surface area contributed by atoms with E-state index >= 15 is 0 Å². The van der Waals surface area contributed by atoms with Crippen molar-refractivity contribution in [2.45, 2.75) is 30.9 Å². The maximum atomic E-state index is 13.0. The first kappa shape index (κ1) is 27.8. The maximum Gasteiger partial charge on any atom is 0.490 e. The number of alkyl halides is 3. The lowest BCUT2D eigenvalue weighted by molar-refractivity contribution is -0.192. The fraction of sp³-hybridized carbons (Fsp3) is 0.323. The third-order valence-electron chi connectivity index (χ3n) is 8.51. The molecule has 2 aliphatic heterocycles. The van der Waals surface area contributed by atoms with Gasteiger partial charge in [0.1, 0.15) is 0 Å². The highest BCUT2D eigenvalue weighted by Gasteiger charge is 2.65. The number of halogens is 3. The number of aliphatic carboxylic acids is 1. The van der Waals surface area contributed by atoms with E-state index in [0.717, 1.165) is 66.0 Å². The van der Waals surface area contributed by atoms with Gasteiger partial charge in [-0.25, -0.2) is 4.79 Å². The number of H-pyrrole nitrogens is 1. The lowest BCUT2D eigenvalue weighted by atomic mass is 9.91. The molecule has 3 aromatic carbocycles. The number of carbonyl (C=O) groups excluding carboxylic acids is 1. The number of benzene rings is 3. The van der Waals surface area contributed by atoms with Crippen molar-refractivity contribution in [2.75, 3.05) is 43.4 Å². The van der Waals surface area contributed by atoms with Crippen LogP contribution in [0.1, 0.15) is 29.0 Å². The minimum absolute atomic E-state index is 0.133. The molecule has 1 aromatic heterocycles. The van der Waals surface area contributed by atoms with Gasteiger partial charge in [-0.3, -0.25) is 9.89 Å². The zero-order valence-corrected chi connectivity index (χ0v) is 23.1. The number of hydrogen-bond acceptors (Lipinski definition) is 5. The van der Waals surface area contributed by atoms with Crippen LogP contribution >= 0.6 is 0 Å². The molecule has 3 heterocycles. The zero-order chi connectivity index (χ0) is 29.8. The third-order valence-corrected chi connectivity index (χ3v) is 8.51. The van der Waals surface area contributed by atoms with Crippen molar-refractivity contribution in [3.63, 3.8) is 0 Å². The van der Waals surface area contributed by atoms with Gasteiger partial charge in [-0.15, -0.1) is 0 Å². The molecule has 2 fully saturated rings. The van der Waals surface area contributed by atoms with Crippen LogP contribution in [-0.4, -0.2) is 71.5 Å². The molecule has 0 bridgehead atoms. The van der Waals surface area contributed by atoms with E-state index < -0.39 is 17.6 Å². The molecule has 1 saturated heterocycles. The Morgan fingerprint density at radius 1 is 1.02 bits per heavy atom. The summed E-state index contributed by atoms with van der Waals surface area (Å²) in [5.74, 6) is -2.42. The van der Waals surface area contributed by atoms with Crippen LogP contribution in [0.15, 0.2) is 60.7 Å². The van der Waals surface area contributed by atoms with Crippen molar-refractivity contribution in [3.8, 4) is 11.3 Å². The molecule has 0 radical (unpaired) electrons. The van der Waals surface area contributed by atoms with Crippen molar-refractivity contribution in [1.82, 2.24) is 15.1 Å². The van der Waals surface area contributed by atoms with Crippen molar-refractivity contribution in [2.24, 2.45) is 0 Å². The number of piperazine rings is 1. The highest BCUT2D eigenvalue weighted by Crippen LogP contribution is 2.65. The van der Waals surface area contributed by atoms with Crippen molar-refractivity contribution < 1.29 is 27.9 Å². The molecule has 3 N–H and O–H groups in total. The van der Waals surface area contributed by atoms with Crippen molar-refractivity contribution in [1.29, 1.82) is 0 Å². The second-order valence-electron chi connectivity index (χ2n) is 11.2. The largest absolute Gasteiger partial charge is 0.490 e. The molecular formula is C31H30F3N5O3. The number of amides is 1. The van der Waals surface area contributed by atoms with Crippen LogP contribution in [0, 0.1) is 6.92 Å². The Labute approximate surface area is 240 Å². The van der Waals surface area contributed by atoms with Gasteiger partial charge in [-0.05, 0) is 55.8 Å². The van der Waals surface area contributed by atoms with Crippen LogP contribution in [0.4, 0.5) is 24.5 Å². The Bertz CT molecular complexity index is 1680. The number of fused-ring (bicyclic) bond motifs is 3. The first-order valence-corrected chi connectivity index (χ1v) is 13.7. The number of carbonyl (C=O) groups is 2. The monoisotopic (exact) mass is 577 g/mol. The summed E-state index contributed by atoms with van der Waals surface area (Å²) in [5, 5.41) is 19.3. The molecule has 1 saturated carbocycles. The number of hydrogen-bond donors (Lipinski definition) is 3. The fourth-order valence-corrected chi connectivity index (χ4v) is 6.08. The van der Waals surface area contributed by atoms with E-state index in [1.54, 1.807) is 0 Å². The summed E-state index contributed by atoms with van der Waals surface area (Å²) in [5.41, 5.74) is 8.47. The zero-order valence-electron chi connectivity index (χ0n) is 23.1. The van der Waals surface area contributed by atoms with Gasteiger partial charge in [0.25, 0.3) is 0 Å². The van der Waals surface area contributed by atoms with E-state index in [0.29, 0.717) is 0 Å². The summed E-state index contributed by atoms with van der Waals surface area (Å²) < 4.78 is 31.7. The second-order valence-corrected chi connectivity index (χ2v) is 11.2. The standard InChI is InChI=1S/C29H29N5O.C2HF3O2/c1-18-3-10-25-23(15-18)29(28(35)30-25)17-24(29)20-6-9-22-26(16-20)31-32-27(22)19-4-7-21(8-5-19)34-13-11-33(2)12-14-34;3-2(4,5)1(6)7/h3-10,15-16,24H,11-14,17H2,1-2H3,(H,30,35)(H,31,32);(H,6,7)/t24-,29-;/m0./s1. The summed E-state index contributed by atoms with van der Waals surface area (Å²) in [6.07, 6.45) is -4.23. The fourth-order valence-electron chi connectivity index (χ4n) is 6.08. The van der Waals surface area contributed by atoms with Gasteiger partial charge in [-0.2, -0.15) is 18.3 Å². The van der Waals surface area contributed by atoms with E-state index in [-0.39, 0.29) is 11.8 Å². The minimum Gasteiger partial charge on any atom is -0.475 e. The average Bonchev–Trinajstić information content (AvgIpc) is 3.49. The van der Waals surface area contributed by atoms with Gasteiger partial charge in [-0.1, -0.05) is 42.0 Å². The molecule has 1 amide bonds. The van der Waals surface area contributed by atoms with Crippen LogP contribution in [0.25, 0.3) is 22.2 Å². The minimum atomic E-state index is -5.08. The average molecular weight is 578 g/mol. The molecule has 4 aromatic rings. The van der Waals surface area contributed by atoms with Gasteiger partial charge in [0.2, 0.25) is 5.91 Å². The number of likely N-dealkylation sites (N-methyl/N-ethyl adjacent to an activating group) is 1. The van der Waals surface area contributed by atoms with Gasteiger partial charge in [0.05, 0.1) is 16.6 Å². The Hall–Kier alpha value is -4.38. The number of aromatic amines is 1. The molecule has 2 atom stereocenters. The number of aromatic nitrogens is 2. The second kappa shape index (κ2) is 10.2. The Balaban J connectivity index is 0.000000405. The number of nitrogens with one attached hydrogen (secondary N) is 2. The Kier molecular flexibility index (Phi) is 6.72. The summed E-state index contributed by atoms with van der Waals surface area (Å²) in [4.78, 5) is 26.7. The molecule has 0 unspecified atom stereocenters. The third kappa shape index (κ3) is 4.87. The molecular weight excluding hydrogens is 547 g/mol. The molecule has 7 rings (SSSR count). The smallest absolute Gasteiger partial charge is 0.475 e. The normalized spacial score (nSPS) is 21.6. The van der Waals surface area contributed by atoms with Crippen LogP contribution in [-0.2, 0) is 15.0 Å². The number of carboxylic acid groups (broad SMARTS) is 1. The van der Waals surface area contributed by atoms with Crippen molar-refractivity contribution >= 4 is 34.2 Å². The first-order chi connectivity index (χ1) is 20.0. The van der Waals surface area contributed by atoms with Gasteiger partial charge in [0.15, 0.2) is 0 Å². The Morgan fingerprint density at radius 2 is 1.71 bits per heavy atom. The number of carboxylic acids is 1. The van der Waals surface area contributed by atoms with E-state index in [1.165, 1.54) is 16.8 Å². The number of nitrogens with zero attached hydrogens (tertiary/aromatic N) is 3. The summed E-state index contributed by atoms with van der Waals surface area (Å²) in [6.45, 7) is 6.42. The SMILES string of the molecule is Cc1ccc2c(c1)[C@]1(C[C@H]1c1ccc3c(-c4ccc(N5CCN(C)CC5)cc4)n[nH]c3c1)C(=O)N2.O=C(O)C(F)(F)F. The molecule has 1 spiro atoms. The quantitative estimate of drug-likeness (QED) is 0.306. The van der Waals surface area contributed by atoms with Crippen LogP contribution < -0.4 is 10.2 Å². The maximum absolute atomic E-state index is 13.0. The number of aryl methyl sites for hydroxylation is 1.